The van der Waals surface area contributed by atoms with Gasteiger partial charge in [0.2, 0.25) is 12.0 Å². The van der Waals surface area contributed by atoms with Crippen molar-refractivity contribution in [2.24, 2.45) is 5.92 Å². The van der Waals surface area contributed by atoms with Crippen molar-refractivity contribution in [3.63, 3.8) is 0 Å². The summed E-state index contributed by atoms with van der Waals surface area (Å²) in [6, 6.07) is 11.4. The van der Waals surface area contributed by atoms with E-state index in [1.807, 2.05) is 41.3 Å². The summed E-state index contributed by atoms with van der Waals surface area (Å²) < 4.78 is 17.4. The Labute approximate surface area is 170 Å². The third-order valence-electron chi connectivity index (χ3n) is 5.83. The van der Waals surface area contributed by atoms with Gasteiger partial charge in [0.05, 0.1) is 12.3 Å². The normalized spacial score (nSPS) is 21.7. The molecule has 0 spiro atoms. The number of rotatable bonds is 5. The van der Waals surface area contributed by atoms with Crippen LogP contribution in [0.5, 0.6) is 17.4 Å². The molecule has 3 heterocycles. The van der Waals surface area contributed by atoms with Gasteiger partial charge in [-0.3, -0.25) is 4.79 Å². The highest BCUT2D eigenvalue weighted by atomic mass is 16.6. The molecule has 0 bridgehead atoms. The third kappa shape index (κ3) is 4.13. The quantitative estimate of drug-likeness (QED) is 0.775. The van der Waals surface area contributed by atoms with Gasteiger partial charge in [-0.25, -0.2) is 0 Å². The fourth-order valence-electron chi connectivity index (χ4n) is 3.87. The number of fused-ring (bicyclic) bond motifs is 1. The summed E-state index contributed by atoms with van der Waals surface area (Å²) in [5, 5.41) is 8.43. The standard InChI is InChI=1S/C22H25N3O4/c26-22(20-14-27-18-3-1-2-4-19(18)29-20)25-11-9-15(10-12-25)13-28-21-8-7-17(23-24-21)16-5-6-16/h1-4,7-8,15-16,20H,5-6,9-14H2. The lowest BCUT2D eigenvalue weighted by Gasteiger charge is -2.35. The maximum absolute atomic E-state index is 12.8. The molecule has 2 fully saturated rings. The number of ether oxygens (including phenoxy) is 3. The zero-order valence-corrected chi connectivity index (χ0v) is 16.3. The van der Waals surface area contributed by atoms with Crippen LogP contribution in [0.25, 0.3) is 0 Å². The van der Waals surface area contributed by atoms with Crippen LogP contribution in [0.3, 0.4) is 0 Å². The average molecular weight is 395 g/mol. The van der Waals surface area contributed by atoms with Gasteiger partial charge in [0.15, 0.2) is 11.5 Å². The second-order valence-corrected chi connectivity index (χ2v) is 8.01. The molecule has 0 radical (unpaired) electrons. The van der Waals surface area contributed by atoms with Gasteiger partial charge in [-0.05, 0) is 49.8 Å². The Morgan fingerprint density at radius 3 is 2.55 bits per heavy atom. The number of amides is 1. The molecule has 152 valence electrons. The van der Waals surface area contributed by atoms with Crippen LogP contribution in [0.1, 0.15) is 37.3 Å². The van der Waals surface area contributed by atoms with Gasteiger partial charge in [0, 0.05) is 25.1 Å². The number of carbonyl (C=O) groups excluding carboxylic acids is 1. The van der Waals surface area contributed by atoms with Crippen molar-refractivity contribution in [3.8, 4) is 17.4 Å². The first kappa shape index (κ1) is 18.2. The Hall–Kier alpha value is -2.83. The van der Waals surface area contributed by atoms with Gasteiger partial charge in [-0.1, -0.05) is 12.1 Å². The van der Waals surface area contributed by atoms with E-state index in [9.17, 15) is 4.79 Å². The SMILES string of the molecule is O=C(C1COc2ccccc2O1)N1CCC(COc2ccc(C3CC3)nn2)CC1. The predicted molar refractivity (Wildman–Crippen MR) is 105 cm³/mol. The van der Waals surface area contributed by atoms with E-state index in [-0.39, 0.29) is 12.5 Å². The number of nitrogens with zero attached hydrogens (tertiary/aromatic N) is 3. The lowest BCUT2D eigenvalue weighted by molar-refractivity contribution is -0.142. The number of para-hydroxylation sites is 2. The van der Waals surface area contributed by atoms with Crippen molar-refractivity contribution in [1.82, 2.24) is 15.1 Å². The van der Waals surface area contributed by atoms with E-state index >= 15 is 0 Å². The lowest BCUT2D eigenvalue weighted by Crippen LogP contribution is -2.49. The van der Waals surface area contributed by atoms with E-state index in [0.717, 1.165) is 18.5 Å². The van der Waals surface area contributed by atoms with Crippen molar-refractivity contribution in [2.75, 3.05) is 26.3 Å². The van der Waals surface area contributed by atoms with Crippen molar-refractivity contribution in [3.05, 3.63) is 42.1 Å². The maximum atomic E-state index is 12.8. The molecule has 0 N–H and O–H groups in total. The molecule has 2 aliphatic heterocycles. The zero-order chi connectivity index (χ0) is 19.6. The van der Waals surface area contributed by atoms with Crippen molar-refractivity contribution in [2.45, 2.75) is 37.7 Å². The van der Waals surface area contributed by atoms with Gasteiger partial charge >= 0.3 is 0 Å². The second kappa shape index (κ2) is 7.89. The zero-order valence-electron chi connectivity index (χ0n) is 16.3. The molecule has 3 aliphatic rings. The summed E-state index contributed by atoms with van der Waals surface area (Å²) >= 11 is 0. The highest BCUT2D eigenvalue weighted by Gasteiger charge is 2.33. The number of hydrogen-bond acceptors (Lipinski definition) is 6. The second-order valence-electron chi connectivity index (χ2n) is 8.01. The molecule has 7 nitrogen and oxygen atoms in total. The fraction of sp³-hybridized carbons (Fsp3) is 0.500. The summed E-state index contributed by atoms with van der Waals surface area (Å²) in [6.45, 7) is 2.28. The van der Waals surface area contributed by atoms with Gasteiger partial charge in [0.1, 0.15) is 6.61 Å². The lowest BCUT2D eigenvalue weighted by atomic mass is 9.97. The average Bonchev–Trinajstić information content (AvgIpc) is 3.63. The maximum Gasteiger partial charge on any atom is 0.267 e. The van der Waals surface area contributed by atoms with E-state index in [1.165, 1.54) is 12.8 Å². The Morgan fingerprint density at radius 1 is 1.03 bits per heavy atom. The smallest absolute Gasteiger partial charge is 0.267 e. The Kier molecular flexibility index (Phi) is 4.96. The van der Waals surface area contributed by atoms with Crippen LogP contribution < -0.4 is 14.2 Å². The van der Waals surface area contributed by atoms with Crippen molar-refractivity contribution >= 4 is 5.91 Å². The topological polar surface area (TPSA) is 73.8 Å². The van der Waals surface area contributed by atoms with Crippen LogP contribution in [-0.2, 0) is 4.79 Å². The minimum Gasteiger partial charge on any atom is -0.485 e. The molecule has 5 rings (SSSR count). The van der Waals surface area contributed by atoms with Crippen LogP contribution in [0.2, 0.25) is 0 Å². The molecule has 1 aromatic carbocycles. The number of piperidine rings is 1. The highest BCUT2D eigenvalue weighted by Crippen LogP contribution is 2.38. The molecule has 29 heavy (non-hydrogen) atoms. The van der Waals surface area contributed by atoms with E-state index in [1.54, 1.807) is 0 Å². The molecule has 1 aliphatic carbocycles. The van der Waals surface area contributed by atoms with Crippen molar-refractivity contribution < 1.29 is 19.0 Å². The van der Waals surface area contributed by atoms with E-state index in [4.69, 9.17) is 14.2 Å². The van der Waals surface area contributed by atoms with Crippen LogP contribution >= 0.6 is 0 Å². The van der Waals surface area contributed by atoms with Crippen molar-refractivity contribution in [1.29, 1.82) is 0 Å². The monoisotopic (exact) mass is 395 g/mol. The van der Waals surface area contributed by atoms with E-state index in [0.29, 0.717) is 48.9 Å². The van der Waals surface area contributed by atoms with Crippen LogP contribution in [0.15, 0.2) is 36.4 Å². The van der Waals surface area contributed by atoms with Gasteiger partial charge in [-0.15, -0.1) is 5.10 Å². The first-order valence-corrected chi connectivity index (χ1v) is 10.4. The summed E-state index contributed by atoms with van der Waals surface area (Å²) in [6.07, 6.45) is 3.68. The Morgan fingerprint density at radius 2 is 1.83 bits per heavy atom. The largest absolute Gasteiger partial charge is 0.485 e. The van der Waals surface area contributed by atoms with Gasteiger partial charge in [0.25, 0.3) is 5.91 Å². The molecule has 1 amide bonds. The third-order valence-corrected chi connectivity index (χ3v) is 5.83. The molecule has 7 heteroatoms. The molecule has 2 aromatic rings. The minimum atomic E-state index is -0.571. The first-order valence-electron chi connectivity index (χ1n) is 10.4. The molecule has 1 aromatic heterocycles. The fourth-order valence-corrected chi connectivity index (χ4v) is 3.87. The molecule has 1 unspecified atom stereocenters. The molecular weight excluding hydrogens is 370 g/mol. The molecule has 1 saturated heterocycles. The van der Waals surface area contributed by atoms with Gasteiger partial charge < -0.3 is 19.1 Å². The van der Waals surface area contributed by atoms with Crippen LogP contribution in [0.4, 0.5) is 0 Å². The van der Waals surface area contributed by atoms with Crippen LogP contribution in [0, 0.1) is 5.92 Å². The first-order chi connectivity index (χ1) is 14.3. The number of likely N-dealkylation sites (tertiary alicyclic amines) is 1. The highest BCUT2D eigenvalue weighted by molar-refractivity contribution is 5.82. The minimum absolute atomic E-state index is 0.000373. The Balaban J connectivity index is 1.08. The van der Waals surface area contributed by atoms with E-state index in [2.05, 4.69) is 10.2 Å². The van der Waals surface area contributed by atoms with E-state index < -0.39 is 6.10 Å². The summed E-state index contributed by atoms with van der Waals surface area (Å²) in [7, 11) is 0. The summed E-state index contributed by atoms with van der Waals surface area (Å²) in [4.78, 5) is 14.7. The number of hydrogen-bond donors (Lipinski definition) is 0. The summed E-state index contributed by atoms with van der Waals surface area (Å²) in [5.74, 6) is 2.92. The van der Waals surface area contributed by atoms with Gasteiger partial charge in [-0.2, -0.15) is 5.10 Å². The number of carbonyl (C=O) groups is 1. The van der Waals surface area contributed by atoms with Crippen LogP contribution in [-0.4, -0.2) is 53.4 Å². The molecule has 1 saturated carbocycles. The number of aromatic nitrogens is 2. The predicted octanol–water partition coefficient (Wildman–Crippen LogP) is 2.81. The molecule has 1 atom stereocenters. The molecular formula is C22H25N3O4. The number of benzene rings is 1. The summed E-state index contributed by atoms with van der Waals surface area (Å²) in [5.41, 5.74) is 1.07. The Bertz CT molecular complexity index is 861.